The summed E-state index contributed by atoms with van der Waals surface area (Å²) < 4.78 is 3.20. The summed E-state index contributed by atoms with van der Waals surface area (Å²) in [4.78, 5) is 22.7. The number of hydrogen-bond acceptors (Lipinski definition) is 5. The molecule has 0 aliphatic carbocycles. The molecule has 3 aromatic rings. The zero-order chi connectivity index (χ0) is 21.0. The van der Waals surface area contributed by atoms with Gasteiger partial charge in [-0.25, -0.2) is 5.43 Å². The Kier molecular flexibility index (Phi) is 6.55. The Labute approximate surface area is 183 Å². The summed E-state index contributed by atoms with van der Waals surface area (Å²) in [7, 11) is 0. The first-order chi connectivity index (χ1) is 13.8. The van der Waals surface area contributed by atoms with Crippen LogP contribution in [0.4, 0.5) is 5.69 Å². The van der Waals surface area contributed by atoms with E-state index in [9.17, 15) is 14.9 Å². The van der Waals surface area contributed by atoms with Crippen molar-refractivity contribution in [3.63, 3.8) is 0 Å². The molecule has 0 saturated carbocycles. The Bertz CT molecular complexity index is 1080. The van der Waals surface area contributed by atoms with E-state index in [1.165, 1.54) is 12.1 Å². The van der Waals surface area contributed by atoms with Gasteiger partial charge in [0.15, 0.2) is 5.69 Å². The second kappa shape index (κ2) is 9.10. The third kappa shape index (κ3) is 5.36. The SMILES string of the molecule is C/C(=N/NC(=O)c1nn(Cc2ccc(Br)cc2)cc1Br)c1ccc([N+](=O)[O-])cc1. The monoisotopic (exact) mass is 519 g/mol. The number of non-ortho nitro benzene ring substituents is 1. The predicted octanol–water partition coefficient (Wildman–Crippen LogP) is 4.52. The summed E-state index contributed by atoms with van der Waals surface area (Å²) in [5, 5.41) is 19.1. The maximum Gasteiger partial charge on any atom is 0.293 e. The van der Waals surface area contributed by atoms with E-state index in [2.05, 4.69) is 47.5 Å². The van der Waals surface area contributed by atoms with Gasteiger partial charge in [0.2, 0.25) is 0 Å². The molecule has 29 heavy (non-hydrogen) atoms. The number of halogens is 2. The minimum absolute atomic E-state index is 0.00849. The lowest BCUT2D eigenvalue weighted by molar-refractivity contribution is -0.384. The van der Waals surface area contributed by atoms with Gasteiger partial charge in [0.1, 0.15) is 0 Å². The van der Waals surface area contributed by atoms with Crippen LogP contribution in [-0.4, -0.2) is 26.3 Å². The lowest BCUT2D eigenvalue weighted by atomic mass is 10.1. The Morgan fingerprint density at radius 2 is 1.83 bits per heavy atom. The standard InChI is InChI=1S/C19H15Br2N5O3/c1-12(14-4-8-16(9-5-14)26(28)29)22-23-19(27)18-17(21)11-25(24-18)10-13-2-6-15(20)7-3-13/h2-9,11H,10H2,1H3,(H,23,27)/b22-12-. The van der Waals surface area contributed by atoms with Crippen molar-refractivity contribution in [3.8, 4) is 0 Å². The highest BCUT2D eigenvalue weighted by Crippen LogP contribution is 2.17. The fourth-order valence-corrected chi connectivity index (χ4v) is 3.25. The molecule has 1 N–H and O–H groups in total. The molecule has 1 heterocycles. The number of amides is 1. The summed E-state index contributed by atoms with van der Waals surface area (Å²) in [6, 6.07) is 13.7. The Hall–Kier alpha value is -2.85. The van der Waals surface area contributed by atoms with Gasteiger partial charge < -0.3 is 0 Å². The van der Waals surface area contributed by atoms with E-state index in [0.29, 0.717) is 22.3 Å². The third-order valence-electron chi connectivity index (χ3n) is 4.01. The summed E-state index contributed by atoms with van der Waals surface area (Å²) in [5.74, 6) is -0.465. The van der Waals surface area contributed by atoms with Gasteiger partial charge in [-0.1, -0.05) is 28.1 Å². The van der Waals surface area contributed by atoms with Gasteiger partial charge in [-0.05, 0) is 58.2 Å². The topological polar surface area (TPSA) is 102 Å². The van der Waals surface area contributed by atoms with Gasteiger partial charge in [-0.15, -0.1) is 0 Å². The van der Waals surface area contributed by atoms with Crippen LogP contribution in [-0.2, 0) is 6.54 Å². The van der Waals surface area contributed by atoms with Crippen molar-refractivity contribution < 1.29 is 9.72 Å². The van der Waals surface area contributed by atoms with Crippen LogP contribution in [0.2, 0.25) is 0 Å². The molecule has 148 valence electrons. The summed E-state index contributed by atoms with van der Waals surface area (Å²) >= 11 is 6.75. The Balaban J connectivity index is 1.68. The van der Waals surface area contributed by atoms with Crippen molar-refractivity contribution in [3.05, 3.63) is 90.6 Å². The van der Waals surface area contributed by atoms with Crippen LogP contribution in [0.25, 0.3) is 0 Å². The van der Waals surface area contributed by atoms with Gasteiger partial charge in [-0.2, -0.15) is 10.2 Å². The first-order valence-corrected chi connectivity index (χ1v) is 9.99. The van der Waals surface area contributed by atoms with Crippen molar-refractivity contribution in [2.45, 2.75) is 13.5 Å². The van der Waals surface area contributed by atoms with E-state index in [1.807, 2.05) is 24.3 Å². The van der Waals surface area contributed by atoms with Gasteiger partial charge in [0.05, 0.1) is 21.7 Å². The van der Waals surface area contributed by atoms with Crippen LogP contribution in [0.3, 0.4) is 0 Å². The first-order valence-electron chi connectivity index (χ1n) is 8.40. The van der Waals surface area contributed by atoms with Gasteiger partial charge >= 0.3 is 0 Å². The largest absolute Gasteiger partial charge is 0.293 e. The van der Waals surface area contributed by atoms with Crippen LogP contribution in [0.15, 0.2) is 68.8 Å². The molecule has 8 nitrogen and oxygen atoms in total. The van der Waals surface area contributed by atoms with E-state index in [1.54, 1.807) is 29.9 Å². The van der Waals surface area contributed by atoms with Crippen molar-refractivity contribution in [2.75, 3.05) is 0 Å². The maximum absolute atomic E-state index is 12.4. The van der Waals surface area contributed by atoms with Crippen molar-refractivity contribution >= 4 is 49.2 Å². The number of hydrogen-bond donors (Lipinski definition) is 1. The average Bonchev–Trinajstić information content (AvgIpc) is 3.07. The predicted molar refractivity (Wildman–Crippen MR) is 116 cm³/mol. The fraction of sp³-hybridized carbons (Fsp3) is 0.105. The molecule has 0 radical (unpaired) electrons. The molecule has 2 aromatic carbocycles. The maximum atomic E-state index is 12.4. The van der Waals surface area contributed by atoms with E-state index < -0.39 is 10.8 Å². The Morgan fingerprint density at radius 1 is 1.17 bits per heavy atom. The van der Waals surface area contributed by atoms with Gasteiger partial charge in [-0.3, -0.25) is 19.6 Å². The zero-order valence-corrected chi connectivity index (χ0v) is 18.3. The van der Waals surface area contributed by atoms with Crippen molar-refractivity contribution in [2.24, 2.45) is 5.10 Å². The molecule has 0 aliphatic heterocycles. The second-order valence-electron chi connectivity index (χ2n) is 6.09. The Morgan fingerprint density at radius 3 is 2.45 bits per heavy atom. The number of carbonyl (C=O) groups excluding carboxylic acids is 1. The fourth-order valence-electron chi connectivity index (χ4n) is 2.49. The number of nitrogens with one attached hydrogen (secondary N) is 1. The van der Waals surface area contributed by atoms with E-state index in [-0.39, 0.29) is 11.4 Å². The summed E-state index contributed by atoms with van der Waals surface area (Å²) in [6.45, 7) is 2.22. The van der Waals surface area contributed by atoms with Crippen LogP contribution < -0.4 is 5.43 Å². The van der Waals surface area contributed by atoms with Gasteiger partial charge in [0, 0.05) is 22.8 Å². The quantitative estimate of drug-likeness (QED) is 0.293. The average molecular weight is 521 g/mol. The molecule has 0 bridgehead atoms. The number of aromatic nitrogens is 2. The molecule has 1 aromatic heterocycles. The number of nitro groups is 1. The number of hydrazone groups is 1. The number of nitrogens with zero attached hydrogens (tertiary/aromatic N) is 4. The third-order valence-corrected chi connectivity index (χ3v) is 5.12. The highest BCUT2D eigenvalue weighted by molar-refractivity contribution is 9.10. The van der Waals surface area contributed by atoms with Crippen molar-refractivity contribution in [1.29, 1.82) is 0 Å². The number of rotatable bonds is 6. The number of benzene rings is 2. The van der Waals surface area contributed by atoms with E-state index in [0.717, 1.165) is 10.0 Å². The van der Waals surface area contributed by atoms with E-state index in [4.69, 9.17) is 0 Å². The molecule has 1 amide bonds. The minimum Gasteiger partial charge on any atom is -0.266 e. The van der Waals surface area contributed by atoms with Crippen LogP contribution in [0, 0.1) is 10.1 Å². The highest BCUT2D eigenvalue weighted by Gasteiger charge is 2.15. The zero-order valence-electron chi connectivity index (χ0n) is 15.2. The molecule has 0 unspecified atom stereocenters. The number of carbonyl (C=O) groups is 1. The van der Waals surface area contributed by atoms with Crippen LogP contribution in [0.5, 0.6) is 0 Å². The number of nitro benzene ring substituents is 1. The smallest absolute Gasteiger partial charge is 0.266 e. The molecule has 0 aliphatic rings. The lowest BCUT2D eigenvalue weighted by Gasteiger charge is -2.03. The second-order valence-corrected chi connectivity index (χ2v) is 7.86. The molecular weight excluding hydrogens is 506 g/mol. The van der Waals surface area contributed by atoms with Crippen molar-refractivity contribution in [1.82, 2.24) is 15.2 Å². The van der Waals surface area contributed by atoms with Crippen LogP contribution in [0.1, 0.15) is 28.5 Å². The van der Waals surface area contributed by atoms with Crippen LogP contribution >= 0.6 is 31.9 Å². The lowest BCUT2D eigenvalue weighted by Crippen LogP contribution is -2.20. The highest BCUT2D eigenvalue weighted by atomic mass is 79.9. The summed E-state index contributed by atoms with van der Waals surface area (Å²) in [5.41, 5.74) is 4.88. The first kappa shape index (κ1) is 20.9. The molecular formula is C19H15Br2N5O3. The molecule has 10 heteroatoms. The molecule has 0 saturated heterocycles. The normalized spacial score (nSPS) is 11.3. The summed E-state index contributed by atoms with van der Waals surface area (Å²) in [6.07, 6.45) is 1.73. The van der Waals surface area contributed by atoms with E-state index >= 15 is 0 Å². The minimum atomic E-state index is -0.472. The molecule has 0 fully saturated rings. The molecule has 0 atom stereocenters. The molecule has 3 rings (SSSR count). The molecule has 0 spiro atoms. The van der Waals surface area contributed by atoms with Gasteiger partial charge in [0.25, 0.3) is 11.6 Å².